The smallest absolute Gasteiger partial charge is 0.437 e. The van der Waals surface area contributed by atoms with Crippen molar-refractivity contribution in [2.45, 2.75) is 38.0 Å². The zero-order valence-electron chi connectivity index (χ0n) is 18.3. The molecule has 4 heterocycles. The van der Waals surface area contributed by atoms with Crippen molar-refractivity contribution in [2.75, 3.05) is 31.8 Å². The van der Waals surface area contributed by atoms with E-state index >= 15 is 0 Å². The minimum atomic E-state index is -4.62. The molecule has 2 unspecified atom stereocenters. The number of anilines is 1. The van der Waals surface area contributed by atoms with Crippen LogP contribution in [-0.4, -0.2) is 64.1 Å². The Bertz CT molecular complexity index is 1110. The van der Waals surface area contributed by atoms with Crippen molar-refractivity contribution in [3.8, 4) is 5.75 Å². The Morgan fingerprint density at radius 2 is 1.97 bits per heavy atom. The number of alkyl halides is 5. The van der Waals surface area contributed by atoms with Gasteiger partial charge in [-0.25, -0.2) is 28.4 Å². The van der Waals surface area contributed by atoms with Crippen LogP contribution in [0.2, 0.25) is 0 Å². The number of halogens is 5. The molecule has 0 amide bonds. The second kappa shape index (κ2) is 10.0. The van der Waals surface area contributed by atoms with Gasteiger partial charge in [-0.1, -0.05) is 0 Å². The molecule has 4 rings (SSSR count). The highest BCUT2D eigenvalue weighted by molar-refractivity contribution is 5.71. The summed E-state index contributed by atoms with van der Waals surface area (Å²) >= 11 is 0. The van der Waals surface area contributed by atoms with Crippen molar-refractivity contribution in [1.29, 1.82) is 0 Å². The van der Waals surface area contributed by atoms with Crippen molar-refractivity contribution in [2.24, 2.45) is 5.92 Å². The third-order valence-electron chi connectivity index (χ3n) is 5.61. The largest absolute Gasteiger partial charge is 0.491 e. The maximum Gasteiger partial charge on any atom is 0.437 e. The molecular formula is C21H23F5N6O2. The number of hydrogen-bond acceptors (Lipinski definition) is 7. The zero-order valence-corrected chi connectivity index (χ0v) is 18.3. The molecule has 1 saturated heterocycles. The molecule has 2 atom stereocenters. The number of fused-ring (bicyclic) bond motifs is 1. The highest BCUT2D eigenvalue weighted by Crippen LogP contribution is 2.35. The number of piperidine rings is 1. The molecule has 0 radical (unpaired) electrons. The Kier molecular flexibility index (Phi) is 7.10. The molecule has 0 saturated carbocycles. The predicted octanol–water partition coefficient (Wildman–Crippen LogP) is 3.82. The highest BCUT2D eigenvalue weighted by atomic mass is 19.4. The van der Waals surface area contributed by atoms with Crippen molar-refractivity contribution < 1.29 is 31.4 Å². The van der Waals surface area contributed by atoms with Crippen LogP contribution in [0.5, 0.6) is 5.75 Å². The van der Waals surface area contributed by atoms with Crippen LogP contribution in [0.3, 0.4) is 0 Å². The summed E-state index contributed by atoms with van der Waals surface area (Å²) in [6, 6.07) is 2.57. The molecule has 0 aliphatic carbocycles. The van der Waals surface area contributed by atoms with Gasteiger partial charge in [-0.05, 0) is 25.0 Å². The van der Waals surface area contributed by atoms with Gasteiger partial charge >= 0.3 is 6.18 Å². The lowest BCUT2D eigenvalue weighted by molar-refractivity contribution is -0.142. The molecule has 0 bridgehead atoms. The normalized spacial score (nSPS) is 19.2. The van der Waals surface area contributed by atoms with E-state index in [0.717, 1.165) is 10.9 Å². The molecule has 1 aliphatic rings. The predicted molar refractivity (Wildman–Crippen MR) is 112 cm³/mol. The third kappa shape index (κ3) is 5.34. The molecule has 13 heteroatoms. The number of rotatable bonds is 8. The van der Waals surface area contributed by atoms with Gasteiger partial charge in [-0.2, -0.15) is 18.3 Å². The third-order valence-corrected chi connectivity index (χ3v) is 5.61. The fourth-order valence-corrected chi connectivity index (χ4v) is 4.05. The Morgan fingerprint density at radius 1 is 1.15 bits per heavy atom. The van der Waals surface area contributed by atoms with E-state index in [4.69, 9.17) is 9.47 Å². The molecule has 8 nitrogen and oxygen atoms in total. The fraction of sp³-hybridized carbons (Fsp3) is 0.524. The SMILES string of the molecule is COCC1CCC(COc2cccnc2C(F)(F)F)CN1c1cnc2cnn(CC(F)F)c2n1. The van der Waals surface area contributed by atoms with E-state index in [0.29, 0.717) is 37.3 Å². The lowest BCUT2D eigenvalue weighted by atomic mass is 9.93. The lowest BCUT2D eigenvalue weighted by Crippen LogP contribution is -2.47. The van der Waals surface area contributed by atoms with E-state index in [-0.39, 0.29) is 30.0 Å². The van der Waals surface area contributed by atoms with Crippen LogP contribution < -0.4 is 9.64 Å². The second-order valence-corrected chi connectivity index (χ2v) is 8.02. The molecule has 0 N–H and O–H groups in total. The summed E-state index contributed by atoms with van der Waals surface area (Å²) in [5, 5.41) is 3.93. The van der Waals surface area contributed by atoms with Gasteiger partial charge in [0.25, 0.3) is 6.43 Å². The van der Waals surface area contributed by atoms with Gasteiger partial charge in [-0.15, -0.1) is 0 Å². The first-order chi connectivity index (χ1) is 16.3. The number of aromatic nitrogens is 5. The summed E-state index contributed by atoms with van der Waals surface area (Å²) in [7, 11) is 1.57. The second-order valence-electron chi connectivity index (χ2n) is 8.02. The van der Waals surface area contributed by atoms with Crippen LogP contribution in [0.1, 0.15) is 18.5 Å². The molecule has 0 aromatic carbocycles. The molecule has 184 valence electrons. The van der Waals surface area contributed by atoms with Crippen LogP contribution >= 0.6 is 0 Å². The van der Waals surface area contributed by atoms with Crippen molar-refractivity contribution in [3.63, 3.8) is 0 Å². The van der Waals surface area contributed by atoms with Crippen LogP contribution in [0.15, 0.2) is 30.7 Å². The Hall–Kier alpha value is -3.09. The quantitative estimate of drug-likeness (QED) is 0.448. The molecule has 3 aromatic heterocycles. The standard InChI is InChI=1S/C21H23F5N6O2/c1-33-12-14-5-4-13(11-34-16-3-2-6-27-19(16)21(24,25)26)9-31(14)18-8-28-15-7-29-32(10-17(22)23)20(15)30-18/h2-3,6-8,13-14,17H,4-5,9-12H2,1H3. The average molecular weight is 486 g/mol. The first-order valence-corrected chi connectivity index (χ1v) is 10.6. The van der Waals surface area contributed by atoms with E-state index in [1.807, 2.05) is 4.90 Å². The zero-order chi connectivity index (χ0) is 24.3. The first kappa shape index (κ1) is 24.0. The van der Waals surface area contributed by atoms with Crippen molar-refractivity contribution in [3.05, 3.63) is 36.4 Å². The summed E-state index contributed by atoms with van der Waals surface area (Å²) in [5.41, 5.74) is -0.443. The Morgan fingerprint density at radius 3 is 2.71 bits per heavy atom. The van der Waals surface area contributed by atoms with E-state index in [2.05, 4.69) is 20.1 Å². The topological polar surface area (TPSA) is 78.2 Å². The van der Waals surface area contributed by atoms with Crippen LogP contribution in [-0.2, 0) is 17.5 Å². The molecule has 1 fully saturated rings. The van der Waals surface area contributed by atoms with E-state index < -0.39 is 24.8 Å². The Balaban J connectivity index is 1.53. The van der Waals surface area contributed by atoms with Gasteiger partial charge in [0, 0.05) is 25.8 Å². The number of pyridine rings is 1. The molecule has 3 aromatic rings. The minimum Gasteiger partial charge on any atom is -0.491 e. The number of ether oxygens (including phenoxy) is 2. The Labute approximate surface area is 191 Å². The fourth-order valence-electron chi connectivity index (χ4n) is 4.05. The van der Waals surface area contributed by atoms with E-state index in [9.17, 15) is 22.0 Å². The maximum absolute atomic E-state index is 13.2. The molecule has 34 heavy (non-hydrogen) atoms. The average Bonchev–Trinajstić information content (AvgIpc) is 3.19. The molecule has 1 aliphatic heterocycles. The van der Waals surface area contributed by atoms with Gasteiger partial charge in [0.2, 0.25) is 0 Å². The van der Waals surface area contributed by atoms with Gasteiger partial charge in [-0.3, -0.25) is 0 Å². The minimum absolute atomic E-state index is 0.0456. The van der Waals surface area contributed by atoms with Gasteiger partial charge in [0.05, 0.1) is 31.6 Å². The molecular weight excluding hydrogens is 463 g/mol. The van der Waals surface area contributed by atoms with E-state index in [1.54, 1.807) is 7.11 Å². The summed E-state index contributed by atoms with van der Waals surface area (Å²) in [6.45, 7) is 0.249. The number of nitrogens with zero attached hydrogens (tertiary/aromatic N) is 6. The van der Waals surface area contributed by atoms with Crippen molar-refractivity contribution >= 4 is 17.0 Å². The monoisotopic (exact) mass is 486 g/mol. The van der Waals surface area contributed by atoms with Gasteiger partial charge < -0.3 is 14.4 Å². The number of methoxy groups -OCH3 is 1. The van der Waals surface area contributed by atoms with Crippen LogP contribution in [0.25, 0.3) is 11.2 Å². The van der Waals surface area contributed by atoms with Gasteiger partial charge in [0.15, 0.2) is 11.3 Å². The lowest BCUT2D eigenvalue weighted by Gasteiger charge is -2.40. The van der Waals surface area contributed by atoms with Gasteiger partial charge in [0.1, 0.15) is 23.6 Å². The summed E-state index contributed by atoms with van der Waals surface area (Å²) < 4.78 is 77.4. The summed E-state index contributed by atoms with van der Waals surface area (Å²) in [4.78, 5) is 14.2. The van der Waals surface area contributed by atoms with Crippen LogP contribution in [0, 0.1) is 5.92 Å². The molecule has 0 spiro atoms. The highest BCUT2D eigenvalue weighted by Gasteiger charge is 2.37. The summed E-state index contributed by atoms with van der Waals surface area (Å²) in [6.07, 6.45) is -1.86. The van der Waals surface area contributed by atoms with E-state index in [1.165, 1.54) is 24.5 Å². The van der Waals surface area contributed by atoms with Crippen LogP contribution in [0.4, 0.5) is 27.8 Å². The summed E-state index contributed by atoms with van der Waals surface area (Å²) in [5.74, 6) is 0.0168. The van der Waals surface area contributed by atoms with Crippen molar-refractivity contribution in [1.82, 2.24) is 24.7 Å². The number of hydrogen-bond donors (Lipinski definition) is 0. The first-order valence-electron chi connectivity index (χ1n) is 10.6. The maximum atomic E-state index is 13.2.